The van der Waals surface area contributed by atoms with Gasteiger partial charge in [0.15, 0.2) is 0 Å². The van der Waals surface area contributed by atoms with Crippen LogP contribution in [0, 0.1) is 16.7 Å². The van der Waals surface area contributed by atoms with Crippen molar-refractivity contribution >= 4 is 11.9 Å². The topological polar surface area (TPSA) is 88.4 Å². The van der Waals surface area contributed by atoms with E-state index >= 15 is 0 Å². The molecule has 22 heavy (non-hydrogen) atoms. The smallest absolute Gasteiger partial charge is 0.333 e. The van der Waals surface area contributed by atoms with E-state index in [1.54, 1.807) is 27.7 Å². The highest BCUT2D eigenvalue weighted by atomic mass is 16.6. The Kier molecular flexibility index (Phi) is 4.91. The number of nitrogens with one attached hydrogen (secondary N) is 1. The Bertz CT molecular complexity index is 541. The number of carbonyl (C=O) groups is 2. The number of rotatable bonds is 3. The van der Waals surface area contributed by atoms with Gasteiger partial charge in [0.2, 0.25) is 0 Å². The lowest BCUT2D eigenvalue weighted by Gasteiger charge is -2.33. The predicted molar refractivity (Wildman–Crippen MR) is 80.4 cm³/mol. The number of hydrogen-bond acceptors (Lipinski definition) is 6. The number of hydrogen-bond donors (Lipinski definition) is 1. The van der Waals surface area contributed by atoms with E-state index in [1.807, 2.05) is 6.92 Å². The monoisotopic (exact) mass is 308 g/mol. The summed E-state index contributed by atoms with van der Waals surface area (Å²) in [6.45, 7) is 8.90. The first kappa shape index (κ1) is 18.0. The quantitative estimate of drug-likeness (QED) is 0.634. The van der Waals surface area contributed by atoms with Gasteiger partial charge in [-0.05, 0) is 34.1 Å². The molecule has 1 aliphatic heterocycles. The molecule has 0 radical (unpaired) electrons. The zero-order chi connectivity index (χ0) is 17.2. The second kappa shape index (κ2) is 5.99. The minimum atomic E-state index is -0.963. The highest BCUT2D eigenvalue weighted by Crippen LogP contribution is 2.46. The lowest BCUT2D eigenvalue weighted by atomic mass is 9.71. The van der Waals surface area contributed by atoms with E-state index in [-0.39, 0.29) is 12.4 Å². The van der Waals surface area contributed by atoms with E-state index in [1.165, 1.54) is 13.2 Å². The number of carbonyl (C=O) groups excluding carboxylic acids is 2. The number of ether oxygens (including phenoxy) is 2. The summed E-state index contributed by atoms with van der Waals surface area (Å²) in [6.07, 6.45) is 1.83. The zero-order valence-electron chi connectivity index (χ0n) is 14.1. The Morgan fingerprint density at radius 1 is 1.41 bits per heavy atom. The number of nitriles is 1. The third-order valence-corrected chi connectivity index (χ3v) is 3.88. The normalized spacial score (nSPS) is 29.6. The summed E-state index contributed by atoms with van der Waals surface area (Å²) >= 11 is 0. The van der Waals surface area contributed by atoms with E-state index in [0.717, 1.165) is 0 Å². The molecule has 1 N–H and O–H groups in total. The minimum absolute atomic E-state index is 0.0895. The van der Waals surface area contributed by atoms with Gasteiger partial charge in [0.25, 0.3) is 0 Å². The summed E-state index contributed by atoms with van der Waals surface area (Å²) in [5.41, 5.74) is -1.62. The van der Waals surface area contributed by atoms with Crippen molar-refractivity contribution in [3.8, 4) is 6.07 Å². The lowest BCUT2D eigenvalue weighted by Crippen LogP contribution is -2.47. The van der Waals surface area contributed by atoms with Crippen LogP contribution in [-0.2, 0) is 19.1 Å². The Labute approximate surface area is 131 Å². The largest absolute Gasteiger partial charge is 0.469 e. The molecule has 1 heterocycles. The first-order valence-electron chi connectivity index (χ1n) is 7.14. The van der Waals surface area contributed by atoms with Crippen LogP contribution >= 0.6 is 0 Å². The molecular weight excluding hydrogens is 284 g/mol. The van der Waals surface area contributed by atoms with Crippen LogP contribution < -0.4 is 5.32 Å². The summed E-state index contributed by atoms with van der Waals surface area (Å²) in [6, 6.07) is 2.20. The maximum Gasteiger partial charge on any atom is 0.333 e. The molecule has 1 rings (SSSR count). The summed E-state index contributed by atoms with van der Waals surface area (Å²) < 4.78 is 9.95. The van der Waals surface area contributed by atoms with Gasteiger partial charge in [0.1, 0.15) is 11.1 Å². The molecule has 122 valence electrons. The molecule has 2 atom stereocenters. The van der Waals surface area contributed by atoms with Crippen molar-refractivity contribution in [1.29, 1.82) is 5.26 Å². The first-order chi connectivity index (χ1) is 9.94. The minimum Gasteiger partial charge on any atom is -0.469 e. The highest BCUT2D eigenvalue weighted by molar-refractivity contribution is 5.83. The molecule has 1 saturated heterocycles. The van der Waals surface area contributed by atoms with Gasteiger partial charge in [0, 0.05) is 17.2 Å². The van der Waals surface area contributed by atoms with Crippen molar-refractivity contribution in [2.24, 2.45) is 5.41 Å². The van der Waals surface area contributed by atoms with Gasteiger partial charge in [-0.3, -0.25) is 4.79 Å². The molecule has 1 fully saturated rings. The van der Waals surface area contributed by atoms with E-state index < -0.39 is 22.5 Å². The average molecular weight is 308 g/mol. The van der Waals surface area contributed by atoms with Gasteiger partial charge in [-0.2, -0.15) is 5.26 Å². The van der Waals surface area contributed by atoms with Crippen LogP contribution in [0.5, 0.6) is 0 Å². The van der Waals surface area contributed by atoms with E-state index in [4.69, 9.17) is 9.47 Å². The summed E-state index contributed by atoms with van der Waals surface area (Å²) in [5.74, 6) is -0.859. The predicted octanol–water partition coefficient (Wildman–Crippen LogP) is 2.06. The molecule has 0 aromatic rings. The molecule has 0 aliphatic carbocycles. The van der Waals surface area contributed by atoms with Crippen molar-refractivity contribution in [1.82, 2.24) is 5.32 Å². The van der Waals surface area contributed by atoms with Crippen LogP contribution in [0.25, 0.3) is 0 Å². The summed E-state index contributed by atoms with van der Waals surface area (Å²) in [4.78, 5) is 23.5. The molecule has 0 spiro atoms. The lowest BCUT2D eigenvalue weighted by molar-refractivity contribution is -0.148. The Balaban J connectivity index is 2.99. The van der Waals surface area contributed by atoms with Gasteiger partial charge in [-0.15, -0.1) is 0 Å². The molecular formula is C16H24N2O4. The fraction of sp³-hybridized carbons (Fsp3) is 0.688. The Morgan fingerprint density at radius 3 is 2.45 bits per heavy atom. The SMILES string of the molecule is COC(=O)C[C@]1(C)C/C(=C/C(=O)OC(C)(C)C)N[C@]1(C)C#N. The van der Waals surface area contributed by atoms with Crippen LogP contribution in [-0.4, -0.2) is 30.2 Å². The highest BCUT2D eigenvalue weighted by Gasteiger charge is 2.52. The fourth-order valence-corrected chi connectivity index (χ4v) is 2.47. The number of methoxy groups -OCH3 is 1. The molecule has 0 aromatic heterocycles. The maximum atomic E-state index is 11.9. The van der Waals surface area contributed by atoms with Gasteiger partial charge in [-0.25, -0.2) is 4.79 Å². The second-order valence-corrected chi connectivity index (χ2v) is 7.06. The van der Waals surface area contributed by atoms with Crippen molar-refractivity contribution in [2.75, 3.05) is 7.11 Å². The molecule has 6 heteroatoms. The van der Waals surface area contributed by atoms with Crippen molar-refractivity contribution in [2.45, 2.75) is 58.6 Å². The van der Waals surface area contributed by atoms with E-state index in [9.17, 15) is 14.9 Å². The van der Waals surface area contributed by atoms with Crippen LogP contribution in [0.1, 0.15) is 47.5 Å². The number of allylic oxidation sites excluding steroid dienone is 1. The molecule has 0 amide bonds. The molecule has 1 aliphatic rings. The first-order valence-corrected chi connectivity index (χ1v) is 7.14. The summed E-state index contributed by atoms with van der Waals surface area (Å²) in [7, 11) is 1.31. The van der Waals surface area contributed by atoms with Crippen LogP contribution in [0.3, 0.4) is 0 Å². The van der Waals surface area contributed by atoms with E-state index in [0.29, 0.717) is 12.1 Å². The van der Waals surface area contributed by atoms with E-state index in [2.05, 4.69) is 11.4 Å². The second-order valence-electron chi connectivity index (χ2n) is 7.06. The molecule has 0 aromatic carbocycles. The third-order valence-electron chi connectivity index (χ3n) is 3.88. The summed E-state index contributed by atoms with van der Waals surface area (Å²) in [5, 5.41) is 12.5. The molecule has 0 bridgehead atoms. The average Bonchev–Trinajstić information content (AvgIpc) is 2.58. The number of nitrogens with zero attached hydrogens (tertiary/aromatic N) is 1. The van der Waals surface area contributed by atoms with Gasteiger partial charge >= 0.3 is 11.9 Å². The van der Waals surface area contributed by atoms with Gasteiger partial charge in [0.05, 0.1) is 19.6 Å². The Hall–Kier alpha value is -2.03. The Morgan fingerprint density at radius 2 is 2.00 bits per heavy atom. The standard InChI is InChI=1S/C16H24N2O4/c1-14(2,3)22-12(19)7-11-8-15(4,9-13(20)21-6)16(5,10-17)18-11/h7,18H,8-9H2,1-6H3/b11-7-/t15-,16+/m0/s1. The van der Waals surface area contributed by atoms with Crippen molar-refractivity contribution in [3.05, 3.63) is 11.8 Å². The maximum absolute atomic E-state index is 11.9. The molecule has 0 saturated carbocycles. The van der Waals surface area contributed by atoms with Crippen molar-refractivity contribution in [3.63, 3.8) is 0 Å². The van der Waals surface area contributed by atoms with Crippen LogP contribution in [0.4, 0.5) is 0 Å². The van der Waals surface area contributed by atoms with Crippen molar-refractivity contribution < 1.29 is 19.1 Å². The zero-order valence-corrected chi connectivity index (χ0v) is 14.1. The van der Waals surface area contributed by atoms with Crippen LogP contribution in [0.2, 0.25) is 0 Å². The van der Waals surface area contributed by atoms with Gasteiger partial charge < -0.3 is 14.8 Å². The molecule has 0 unspecified atom stereocenters. The van der Waals surface area contributed by atoms with Gasteiger partial charge in [-0.1, -0.05) is 6.92 Å². The van der Waals surface area contributed by atoms with Crippen LogP contribution in [0.15, 0.2) is 11.8 Å². The number of esters is 2. The molecule has 6 nitrogen and oxygen atoms in total. The fourth-order valence-electron chi connectivity index (χ4n) is 2.47. The third kappa shape index (κ3) is 4.00.